The van der Waals surface area contributed by atoms with Crippen molar-refractivity contribution in [3.8, 4) is 0 Å². The van der Waals surface area contributed by atoms with E-state index in [1.165, 1.54) is 11.8 Å². The van der Waals surface area contributed by atoms with E-state index in [1.54, 1.807) is 12.3 Å². The van der Waals surface area contributed by atoms with E-state index >= 15 is 0 Å². The molecule has 4 N–H and O–H groups in total. The van der Waals surface area contributed by atoms with Crippen LogP contribution in [0.3, 0.4) is 0 Å². The minimum Gasteiger partial charge on any atom is -0.330 e. The van der Waals surface area contributed by atoms with Gasteiger partial charge >= 0.3 is 0 Å². The number of hydrogen-bond acceptors (Lipinski definition) is 5. The number of hydrazine groups is 1. The fourth-order valence-corrected chi connectivity index (χ4v) is 1.42. The minimum atomic E-state index is -0.0842. The Morgan fingerprint density at radius 1 is 1.53 bits per heavy atom. The van der Waals surface area contributed by atoms with Crippen molar-refractivity contribution in [2.45, 2.75) is 0 Å². The Labute approximate surface area is 92.8 Å². The highest BCUT2D eigenvalue weighted by Crippen LogP contribution is 1.99. The summed E-state index contributed by atoms with van der Waals surface area (Å²) < 4.78 is 0. The smallest absolute Gasteiger partial charge is 0.248 e. The Bertz CT molecular complexity index is 293. The van der Waals surface area contributed by atoms with Crippen molar-refractivity contribution in [3.63, 3.8) is 0 Å². The number of nitrogens with two attached hydrogens (primary N) is 1. The van der Waals surface area contributed by atoms with Gasteiger partial charge in [0.05, 0.1) is 5.75 Å². The van der Waals surface area contributed by atoms with Gasteiger partial charge in [-0.2, -0.15) is 11.8 Å². The van der Waals surface area contributed by atoms with E-state index < -0.39 is 0 Å². The van der Waals surface area contributed by atoms with Crippen LogP contribution in [0.15, 0.2) is 24.4 Å². The second-order valence-electron chi connectivity index (χ2n) is 2.73. The third-order valence-corrected chi connectivity index (χ3v) is 2.48. The van der Waals surface area contributed by atoms with Crippen molar-refractivity contribution in [1.29, 1.82) is 0 Å². The summed E-state index contributed by atoms with van der Waals surface area (Å²) >= 11 is 1.50. The van der Waals surface area contributed by atoms with Gasteiger partial charge in [0, 0.05) is 18.5 Å². The molecule has 0 aliphatic heterocycles. The highest BCUT2D eigenvalue weighted by atomic mass is 32.2. The third kappa shape index (κ3) is 5.24. The molecule has 0 aliphatic carbocycles. The zero-order chi connectivity index (χ0) is 10.9. The molecule has 1 aromatic rings. The van der Waals surface area contributed by atoms with Crippen LogP contribution < -0.4 is 16.6 Å². The molecule has 0 spiro atoms. The lowest BCUT2D eigenvalue weighted by molar-refractivity contribution is -0.118. The number of carbonyl (C=O) groups excluding carboxylic acids is 1. The molecule has 0 aromatic carbocycles. The van der Waals surface area contributed by atoms with E-state index in [0.29, 0.717) is 18.1 Å². The number of rotatable bonds is 6. The number of anilines is 1. The van der Waals surface area contributed by atoms with Gasteiger partial charge in [-0.05, 0) is 12.1 Å². The monoisotopic (exact) mass is 226 g/mol. The van der Waals surface area contributed by atoms with Gasteiger partial charge in [0.1, 0.15) is 5.82 Å². The number of hydrogen-bond donors (Lipinski definition) is 3. The van der Waals surface area contributed by atoms with Crippen LogP contribution in [0.2, 0.25) is 0 Å². The average molecular weight is 226 g/mol. The number of nitrogens with zero attached hydrogens (tertiary/aromatic N) is 1. The molecule has 1 rings (SSSR count). The molecule has 0 radical (unpaired) electrons. The second kappa shape index (κ2) is 7.08. The summed E-state index contributed by atoms with van der Waals surface area (Å²) in [6, 6.07) is 5.42. The summed E-state index contributed by atoms with van der Waals surface area (Å²) in [6.45, 7) is 0.589. The Morgan fingerprint density at radius 3 is 3.07 bits per heavy atom. The molecule has 15 heavy (non-hydrogen) atoms. The molecule has 6 heteroatoms. The number of thioether (sulfide) groups is 1. The molecule has 82 valence electrons. The van der Waals surface area contributed by atoms with Crippen LogP contribution in [0.5, 0.6) is 0 Å². The van der Waals surface area contributed by atoms with Gasteiger partial charge in [0.15, 0.2) is 0 Å². The summed E-state index contributed by atoms with van der Waals surface area (Å²) in [5, 5.41) is 0. The summed E-state index contributed by atoms with van der Waals surface area (Å²) in [5.74, 6) is 1.72. The second-order valence-corrected chi connectivity index (χ2v) is 3.83. The van der Waals surface area contributed by atoms with Crippen LogP contribution in [-0.4, -0.2) is 28.9 Å². The zero-order valence-electron chi connectivity index (χ0n) is 8.27. The van der Waals surface area contributed by atoms with Crippen molar-refractivity contribution in [3.05, 3.63) is 24.4 Å². The summed E-state index contributed by atoms with van der Waals surface area (Å²) in [5.41, 5.74) is 10.6. The van der Waals surface area contributed by atoms with Crippen molar-refractivity contribution in [2.75, 3.05) is 23.5 Å². The first kappa shape index (κ1) is 11.8. The van der Waals surface area contributed by atoms with Gasteiger partial charge in [-0.15, -0.1) is 0 Å². The molecule has 1 amide bonds. The van der Waals surface area contributed by atoms with E-state index in [-0.39, 0.29) is 5.91 Å². The van der Waals surface area contributed by atoms with Crippen LogP contribution >= 0.6 is 11.8 Å². The van der Waals surface area contributed by atoms with Crippen LogP contribution in [-0.2, 0) is 4.79 Å². The first-order valence-electron chi connectivity index (χ1n) is 4.56. The average Bonchev–Trinajstić information content (AvgIpc) is 2.28. The quantitative estimate of drug-likeness (QED) is 0.477. The van der Waals surface area contributed by atoms with E-state index in [0.717, 1.165) is 5.75 Å². The minimum absolute atomic E-state index is 0.0842. The zero-order valence-corrected chi connectivity index (χ0v) is 9.09. The summed E-state index contributed by atoms with van der Waals surface area (Å²) in [4.78, 5) is 15.2. The predicted molar refractivity (Wildman–Crippen MR) is 62.4 cm³/mol. The normalized spacial score (nSPS) is 9.67. The van der Waals surface area contributed by atoms with E-state index in [9.17, 15) is 4.79 Å². The molecule has 0 atom stereocenters. The molecule has 0 aliphatic rings. The van der Waals surface area contributed by atoms with Crippen LogP contribution in [0.1, 0.15) is 0 Å². The molecular formula is C9H14N4OS. The Morgan fingerprint density at radius 2 is 2.40 bits per heavy atom. The maximum absolute atomic E-state index is 11.2. The molecule has 0 saturated heterocycles. The van der Waals surface area contributed by atoms with Crippen molar-refractivity contribution < 1.29 is 4.79 Å². The number of amides is 1. The van der Waals surface area contributed by atoms with E-state index in [1.807, 2.05) is 12.1 Å². The van der Waals surface area contributed by atoms with E-state index in [2.05, 4.69) is 15.8 Å². The van der Waals surface area contributed by atoms with Crippen molar-refractivity contribution in [1.82, 2.24) is 10.4 Å². The lowest BCUT2D eigenvalue weighted by atomic mass is 10.5. The lowest BCUT2D eigenvalue weighted by Gasteiger charge is -2.06. The van der Waals surface area contributed by atoms with Gasteiger partial charge in [-0.1, -0.05) is 6.07 Å². The molecular weight excluding hydrogens is 212 g/mol. The molecule has 0 bridgehead atoms. The molecule has 0 saturated carbocycles. The fourth-order valence-electron chi connectivity index (χ4n) is 0.855. The molecule has 1 heterocycles. The largest absolute Gasteiger partial charge is 0.330 e. The molecule has 5 nitrogen and oxygen atoms in total. The van der Waals surface area contributed by atoms with Crippen molar-refractivity contribution >= 4 is 23.5 Å². The highest BCUT2D eigenvalue weighted by Gasteiger charge is 1.99. The van der Waals surface area contributed by atoms with Crippen LogP contribution in [0, 0.1) is 0 Å². The Hall–Kier alpha value is -1.27. The van der Waals surface area contributed by atoms with Gasteiger partial charge in [0.2, 0.25) is 5.91 Å². The topological polar surface area (TPSA) is 80.0 Å². The number of pyridine rings is 1. The first-order chi connectivity index (χ1) is 7.33. The van der Waals surface area contributed by atoms with Gasteiger partial charge in [-0.25, -0.2) is 4.98 Å². The maximum Gasteiger partial charge on any atom is 0.248 e. The van der Waals surface area contributed by atoms with Gasteiger partial charge in [-0.3, -0.25) is 15.6 Å². The van der Waals surface area contributed by atoms with E-state index in [4.69, 9.17) is 5.73 Å². The first-order valence-corrected chi connectivity index (χ1v) is 5.72. The Balaban J connectivity index is 2.17. The summed E-state index contributed by atoms with van der Waals surface area (Å²) in [7, 11) is 0. The third-order valence-electron chi connectivity index (χ3n) is 1.49. The number of aromatic nitrogens is 1. The Kier molecular flexibility index (Phi) is 5.57. The van der Waals surface area contributed by atoms with Gasteiger partial charge in [0.25, 0.3) is 0 Å². The number of carbonyl (C=O) groups is 1. The van der Waals surface area contributed by atoms with Crippen molar-refractivity contribution in [2.24, 2.45) is 5.73 Å². The summed E-state index contributed by atoms with van der Waals surface area (Å²) in [6.07, 6.45) is 1.65. The molecule has 0 unspecified atom stereocenters. The molecule has 0 fully saturated rings. The predicted octanol–water partition coefficient (Wildman–Crippen LogP) is 0.217. The molecule has 1 aromatic heterocycles. The standard InChI is InChI=1S/C9H14N4OS/c10-4-6-15-7-9(14)13-12-8-3-1-2-5-11-8/h1-3,5H,4,6-7,10H2,(H,11,12)(H,13,14). The SMILES string of the molecule is NCCSCC(=O)NNc1ccccn1. The highest BCUT2D eigenvalue weighted by molar-refractivity contribution is 7.99. The number of nitrogens with one attached hydrogen (secondary N) is 2. The van der Waals surface area contributed by atoms with Crippen LogP contribution in [0.25, 0.3) is 0 Å². The fraction of sp³-hybridized carbons (Fsp3) is 0.333. The maximum atomic E-state index is 11.2. The van der Waals surface area contributed by atoms with Crippen LogP contribution in [0.4, 0.5) is 5.82 Å². The van der Waals surface area contributed by atoms with Gasteiger partial charge < -0.3 is 5.73 Å². The lowest BCUT2D eigenvalue weighted by Crippen LogP contribution is -2.31.